The van der Waals surface area contributed by atoms with Gasteiger partial charge in [0, 0.05) is 31.6 Å². The molecule has 0 spiro atoms. The molecular formula is C13H24N2O. The molecule has 16 heavy (non-hydrogen) atoms. The van der Waals surface area contributed by atoms with E-state index in [4.69, 9.17) is 0 Å². The summed E-state index contributed by atoms with van der Waals surface area (Å²) in [5, 5.41) is 0. The number of carbonyl (C=O) groups is 1. The van der Waals surface area contributed by atoms with Crippen molar-refractivity contribution >= 4 is 5.78 Å². The molecule has 0 bridgehead atoms. The number of piperazine rings is 1. The molecule has 3 atom stereocenters. The molecule has 2 fully saturated rings. The van der Waals surface area contributed by atoms with Gasteiger partial charge in [-0.15, -0.1) is 0 Å². The molecule has 2 aliphatic rings. The van der Waals surface area contributed by atoms with Crippen LogP contribution in [0.4, 0.5) is 0 Å². The van der Waals surface area contributed by atoms with E-state index in [1.165, 1.54) is 6.42 Å². The van der Waals surface area contributed by atoms with Gasteiger partial charge in [-0.25, -0.2) is 0 Å². The first kappa shape index (κ1) is 12.1. The van der Waals surface area contributed by atoms with Crippen LogP contribution < -0.4 is 0 Å². The smallest absolute Gasteiger partial charge is 0.149 e. The minimum absolute atomic E-state index is 0.229. The molecule has 0 amide bonds. The molecule has 0 radical (unpaired) electrons. The van der Waals surface area contributed by atoms with Crippen molar-refractivity contribution in [3.05, 3.63) is 0 Å². The van der Waals surface area contributed by atoms with E-state index in [1.807, 2.05) is 0 Å². The van der Waals surface area contributed by atoms with Crippen molar-refractivity contribution < 1.29 is 4.79 Å². The summed E-state index contributed by atoms with van der Waals surface area (Å²) >= 11 is 0. The summed E-state index contributed by atoms with van der Waals surface area (Å²) in [7, 11) is 2.19. The van der Waals surface area contributed by atoms with Crippen LogP contribution in [-0.4, -0.2) is 53.8 Å². The minimum atomic E-state index is 0.229. The molecule has 0 aromatic carbocycles. The Labute approximate surface area is 98.8 Å². The van der Waals surface area contributed by atoms with Gasteiger partial charge in [0.05, 0.1) is 6.04 Å². The number of nitrogens with zero attached hydrogens (tertiary/aromatic N) is 2. The molecule has 0 aromatic heterocycles. The number of hydrogen-bond acceptors (Lipinski definition) is 3. The van der Waals surface area contributed by atoms with Gasteiger partial charge in [0.1, 0.15) is 5.78 Å². The van der Waals surface area contributed by atoms with Crippen LogP contribution in [0.5, 0.6) is 0 Å². The highest BCUT2D eigenvalue weighted by atomic mass is 16.1. The Hall–Kier alpha value is -0.410. The third kappa shape index (κ3) is 2.30. The number of likely N-dealkylation sites (N-methyl/N-ethyl adjacent to an activating group) is 1. The number of Topliss-reactive ketones (excluding diaryl/α,β-unsaturated/α-hetero) is 1. The molecule has 92 valence electrons. The molecule has 1 aliphatic heterocycles. The minimum Gasteiger partial charge on any atom is -0.298 e. The van der Waals surface area contributed by atoms with Crippen LogP contribution in [-0.2, 0) is 4.79 Å². The van der Waals surface area contributed by atoms with E-state index >= 15 is 0 Å². The predicted molar refractivity (Wildman–Crippen MR) is 65.5 cm³/mol. The first-order valence-corrected chi connectivity index (χ1v) is 6.58. The van der Waals surface area contributed by atoms with Gasteiger partial charge in [-0.05, 0) is 33.7 Å². The van der Waals surface area contributed by atoms with E-state index in [2.05, 4.69) is 30.7 Å². The highest BCUT2D eigenvalue weighted by molar-refractivity contribution is 5.84. The van der Waals surface area contributed by atoms with Gasteiger partial charge in [0.2, 0.25) is 0 Å². The van der Waals surface area contributed by atoms with E-state index in [1.54, 1.807) is 0 Å². The van der Waals surface area contributed by atoms with Crippen molar-refractivity contribution in [3.63, 3.8) is 0 Å². The van der Waals surface area contributed by atoms with Gasteiger partial charge >= 0.3 is 0 Å². The zero-order valence-electron chi connectivity index (χ0n) is 10.8. The second kappa shape index (κ2) is 4.84. The van der Waals surface area contributed by atoms with E-state index in [0.717, 1.165) is 32.4 Å². The van der Waals surface area contributed by atoms with Crippen molar-refractivity contribution in [2.45, 2.75) is 57.7 Å². The lowest BCUT2D eigenvalue weighted by atomic mass is 9.91. The van der Waals surface area contributed by atoms with Crippen molar-refractivity contribution in [3.8, 4) is 0 Å². The van der Waals surface area contributed by atoms with Gasteiger partial charge in [-0.2, -0.15) is 0 Å². The molecule has 1 saturated heterocycles. The Morgan fingerprint density at radius 2 is 1.75 bits per heavy atom. The van der Waals surface area contributed by atoms with Crippen LogP contribution in [0.1, 0.15) is 39.5 Å². The van der Waals surface area contributed by atoms with Crippen LogP contribution in [0.3, 0.4) is 0 Å². The summed E-state index contributed by atoms with van der Waals surface area (Å²) in [5.74, 6) is 0.482. The lowest BCUT2D eigenvalue weighted by Gasteiger charge is -2.45. The third-order valence-electron chi connectivity index (χ3n) is 4.35. The van der Waals surface area contributed by atoms with Crippen LogP contribution in [0.15, 0.2) is 0 Å². The largest absolute Gasteiger partial charge is 0.298 e. The van der Waals surface area contributed by atoms with Gasteiger partial charge in [0.25, 0.3) is 0 Å². The second-order valence-electron chi connectivity index (χ2n) is 5.55. The fourth-order valence-corrected chi connectivity index (χ4v) is 3.05. The summed E-state index contributed by atoms with van der Waals surface area (Å²) < 4.78 is 0. The Kier molecular flexibility index (Phi) is 3.65. The lowest BCUT2D eigenvalue weighted by Crippen LogP contribution is -2.59. The maximum Gasteiger partial charge on any atom is 0.149 e. The molecule has 1 aliphatic carbocycles. The maximum absolute atomic E-state index is 11.9. The van der Waals surface area contributed by atoms with Crippen molar-refractivity contribution in [2.24, 2.45) is 0 Å². The van der Waals surface area contributed by atoms with Gasteiger partial charge in [0.15, 0.2) is 0 Å². The number of rotatable bonds is 1. The van der Waals surface area contributed by atoms with E-state index < -0.39 is 0 Å². The highest BCUT2D eigenvalue weighted by Crippen LogP contribution is 2.23. The standard InChI is InChI=1S/C13H24N2O/c1-10-8-15(9-11(2)14(10)3)12-6-4-5-7-13(12)16/h10-12H,4-9H2,1-3H3. The predicted octanol–water partition coefficient (Wildman–Crippen LogP) is 1.52. The molecule has 0 N–H and O–H groups in total. The molecule has 0 aromatic rings. The van der Waals surface area contributed by atoms with Crippen LogP contribution in [0, 0.1) is 0 Å². The van der Waals surface area contributed by atoms with Crippen molar-refractivity contribution in [2.75, 3.05) is 20.1 Å². The van der Waals surface area contributed by atoms with E-state index in [9.17, 15) is 4.79 Å². The molecule has 2 rings (SSSR count). The SMILES string of the molecule is CC1CN(C2CCCCC2=O)CC(C)N1C. The quantitative estimate of drug-likeness (QED) is 0.675. The van der Waals surface area contributed by atoms with E-state index in [0.29, 0.717) is 17.9 Å². The Bertz CT molecular complexity index is 255. The number of carbonyl (C=O) groups excluding carboxylic acids is 1. The molecular weight excluding hydrogens is 200 g/mol. The average molecular weight is 224 g/mol. The van der Waals surface area contributed by atoms with Crippen molar-refractivity contribution in [1.82, 2.24) is 9.80 Å². The third-order valence-corrected chi connectivity index (χ3v) is 4.35. The summed E-state index contributed by atoms with van der Waals surface area (Å²) in [6.45, 7) is 6.63. The zero-order chi connectivity index (χ0) is 11.7. The van der Waals surface area contributed by atoms with Crippen molar-refractivity contribution in [1.29, 1.82) is 0 Å². The molecule has 1 heterocycles. The first-order valence-electron chi connectivity index (χ1n) is 6.58. The Balaban J connectivity index is 2.01. The number of hydrogen-bond donors (Lipinski definition) is 0. The summed E-state index contributed by atoms with van der Waals surface area (Å²) in [6.07, 6.45) is 4.22. The average Bonchev–Trinajstić information content (AvgIpc) is 2.26. The summed E-state index contributed by atoms with van der Waals surface area (Å²) in [6, 6.07) is 1.37. The molecule has 3 nitrogen and oxygen atoms in total. The Morgan fingerprint density at radius 3 is 2.31 bits per heavy atom. The summed E-state index contributed by atoms with van der Waals surface area (Å²) in [5.41, 5.74) is 0. The second-order valence-corrected chi connectivity index (χ2v) is 5.55. The van der Waals surface area contributed by atoms with Gasteiger partial charge < -0.3 is 0 Å². The van der Waals surface area contributed by atoms with Crippen LogP contribution >= 0.6 is 0 Å². The highest BCUT2D eigenvalue weighted by Gasteiger charge is 2.34. The topological polar surface area (TPSA) is 23.6 Å². The van der Waals surface area contributed by atoms with Gasteiger partial charge in [-0.1, -0.05) is 6.42 Å². The van der Waals surface area contributed by atoms with E-state index in [-0.39, 0.29) is 6.04 Å². The molecule has 3 unspecified atom stereocenters. The maximum atomic E-state index is 11.9. The van der Waals surface area contributed by atoms with Crippen LogP contribution in [0.25, 0.3) is 0 Å². The van der Waals surface area contributed by atoms with Crippen LogP contribution in [0.2, 0.25) is 0 Å². The lowest BCUT2D eigenvalue weighted by molar-refractivity contribution is -0.128. The monoisotopic (exact) mass is 224 g/mol. The zero-order valence-corrected chi connectivity index (χ0v) is 10.8. The fraction of sp³-hybridized carbons (Fsp3) is 0.923. The summed E-state index contributed by atoms with van der Waals surface area (Å²) in [4.78, 5) is 16.8. The number of ketones is 1. The first-order chi connectivity index (χ1) is 7.59. The normalized spacial score (nSPS) is 38.9. The molecule has 3 heteroatoms. The van der Waals surface area contributed by atoms with Gasteiger partial charge in [-0.3, -0.25) is 14.6 Å². The molecule has 1 saturated carbocycles. The Morgan fingerprint density at radius 1 is 1.12 bits per heavy atom. The fourth-order valence-electron chi connectivity index (χ4n) is 3.05.